The lowest BCUT2D eigenvalue weighted by atomic mass is 10.1. The van der Waals surface area contributed by atoms with Crippen molar-refractivity contribution in [3.05, 3.63) is 11.1 Å². The normalized spacial score (nSPS) is 16.8. The Morgan fingerprint density at radius 1 is 1.27 bits per heavy atom. The monoisotopic (exact) mass is 310 g/mol. The van der Waals surface area contributed by atoms with Crippen LogP contribution in [0.15, 0.2) is 11.1 Å². The molecule has 1 heterocycles. The van der Waals surface area contributed by atoms with Crippen LogP contribution in [0.4, 0.5) is 0 Å². The molecule has 0 aromatic rings. The average Bonchev–Trinajstić information content (AvgIpc) is 2.60. The Bertz CT molecular complexity index is 553. The van der Waals surface area contributed by atoms with Gasteiger partial charge in [-0.05, 0) is 34.6 Å². The fourth-order valence-corrected chi connectivity index (χ4v) is 2.12. The molecule has 0 aromatic carbocycles. The van der Waals surface area contributed by atoms with Crippen LogP contribution in [0.5, 0.6) is 0 Å². The molecule has 1 rings (SSSR count). The Morgan fingerprint density at radius 2 is 1.82 bits per heavy atom. The van der Waals surface area contributed by atoms with Gasteiger partial charge in [-0.1, -0.05) is 5.57 Å². The quantitative estimate of drug-likeness (QED) is 0.466. The van der Waals surface area contributed by atoms with Gasteiger partial charge < -0.3 is 10.5 Å². The van der Waals surface area contributed by atoms with E-state index in [0.29, 0.717) is 11.1 Å². The fourth-order valence-electron chi connectivity index (χ4n) is 2.12. The number of imide groups is 1. The number of primary amides is 1. The molecule has 2 N–H and O–H groups in total. The smallest absolute Gasteiger partial charge is 0.330 e. The van der Waals surface area contributed by atoms with E-state index in [1.54, 1.807) is 34.6 Å². The van der Waals surface area contributed by atoms with Gasteiger partial charge in [-0.15, -0.1) is 0 Å². The standard InChI is InChI=1S/C15H22N2O5/c1-8(2)9-6-12(19)17(13(9)20)10(7-11(16)18)14(21)22-15(3,4)5/h10H,6-7H2,1-5H3,(H2,16,18)/t10-/m0/s1. The zero-order valence-corrected chi connectivity index (χ0v) is 13.6. The third-order valence-electron chi connectivity index (χ3n) is 3.06. The summed E-state index contributed by atoms with van der Waals surface area (Å²) in [7, 11) is 0. The molecule has 3 amide bonds. The fraction of sp³-hybridized carbons (Fsp3) is 0.600. The number of carbonyl (C=O) groups is 4. The highest BCUT2D eigenvalue weighted by molar-refractivity contribution is 6.15. The minimum atomic E-state index is -1.33. The molecule has 22 heavy (non-hydrogen) atoms. The van der Waals surface area contributed by atoms with Crippen LogP contribution in [-0.2, 0) is 23.9 Å². The molecule has 1 aliphatic rings. The summed E-state index contributed by atoms with van der Waals surface area (Å²) in [5.74, 6) is -2.70. The molecule has 0 unspecified atom stereocenters. The number of carbonyl (C=O) groups excluding carboxylic acids is 4. The minimum Gasteiger partial charge on any atom is -0.458 e. The van der Waals surface area contributed by atoms with Gasteiger partial charge in [0.25, 0.3) is 5.91 Å². The average molecular weight is 310 g/mol. The van der Waals surface area contributed by atoms with Crippen molar-refractivity contribution in [3.8, 4) is 0 Å². The molecule has 7 nitrogen and oxygen atoms in total. The molecule has 0 bridgehead atoms. The van der Waals surface area contributed by atoms with Gasteiger partial charge in [0.15, 0.2) is 0 Å². The van der Waals surface area contributed by atoms with E-state index in [4.69, 9.17) is 10.5 Å². The second-order valence-corrected chi connectivity index (χ2v) is 6.44. The molecule has 0 aromatic heterocycles. The maximum atomic E-state index is 12.3. The van der Waals surface area contributed by atoms with Crippen LogP contribution in [0, 0.1) is 0 Å². The second kappa shape index (κ2) is 6.29. The number of allylic oxidation sites excluding steroid dienone is 1. The number of nitrogens with zero attached hydrogens (tertiary/aromatic N) is 1. The van der Waals surface area contributed by atoms with Crippen molar-refractivity contribution in [3.63, 3.8) is 0 Å². The van der Waals surface area contributed by atoms with E-state index in [0.717, 1.165) is 4.90 Å². The van der Waals surface area contributed by atoms with Crippen LogP contribution < -0.4 is 5.73 Å². The molecule has 0 saturated carbocycles. The van der Waals surface area contributed by atoms with E-state index in [9.17, 15) is 19.2 Å². The van der Waals surface area contributed by atoms with Gasteiger partial charge in [0.1, 0.15) is 11.6 Å². The zero-order valence-electron chi connectivity index (χ0n) is 13.6. The summed E-state index contributed by atoms with van der Waals surface area (Å²) in [5, 5.41) is 0. The van der Waals surface area contributed by atoms with Gasteiger partial charge in [-0.25, -0.2) is 4.79 Å². The molecule has 0 spiro atoms. The highest BCUT2D eigenvalue weighted by atomic mass is 16.6. The lowest BCUT2D eigenvalue weighted by Gasteiger charge is -2.27. The van der Waals surface area contributed by atoms with Crippen molar-refractivity contribution in [2.75, 3.05) is 0 Å². The second-order valence-electron chi connectivity index (χ2n) is 6.44. The molecule has 1 atom stereocenters. The van der Waals surface area contributed by atoms with Gasteiger partial charge >= 0.3 is 5.97 Å². The summed E-state index contributed by atoms with van der Waals surface area (Å²) in [6.45, 7) is 8.38. The van der Waals surface area contributed by atoms with Gasteiger partial charge in [0.2, 0.25) is 11.8 Å². The molecular formula is C15H22N2O5. The van der Waals surface area contributed by atoms with Crippen molar-refractivity contribution in [2.24, 2.45) is 5.73 Å². The summed E-state index contributed by atoms with van der Waals surface area (Å²) in [6.07, 6.45) is -0.540. The number of nitrogens with two attached hydrogens (primary N) is 1. The van der Waals surface area contributed by atoms with Crippen molar-refractivity contribution >= 4 is 23.7 Å². The molecule has 1 saturated heterocycles. The van der Waals surface area contributed by atoms with Crippen LogP contribution in [0.3, 0.4) is 0 Å². The lowest BCUT2D eigenvalue weighted by molar-refractivity contribution is -0.167. The molecule has 0 radical (unpaired) electrons. The predicted molar refractivity (Wildman–Crippen MR) is 78.3 cm³/mol. The largest absolute Gasteiger partial charge is 0.458 e. The number of esters is 1. The Kier molecular flexibility index (Phi) is 5.11. The third kappa shape index (κ3) is 4.16. The van der Waals surface area contributed by atoms with Gasteiger partial charge in [0, 0.05) is 5.57 Å². The van der Waals surface area contributed by atoms with E-state index in [1.807, 2.05) is 0 Å². The van der Waals surface area contributed by atoms with Gasteiger partial charge in [-0.3, -0.25) is 19.3 Å². The molecule has 1 fully saturated rings. The topological polar surface area (TPSA) is 107 Å². The number of hydrogen-bond acceptors (Lipinski definition) is 5. The van der Waals surface area contributed by atoms with E-state index in [2.05, 4.69) is 0 Å². The highest BCUT2D eigenvalue weighted by Crippen LogP contribution is 2.26. The Balaban J connectivity index is 3.15. The van der Waals surface area contributed by atoms with Crippen molar-refractivity contribution in [1.29, 1.82) is 0 Å². The highest BCUT2D eigenvalue weighted by Gasteiger charge is 2.44. The Morgan fingerprint density at radius 3 is 2.18 bits per heavy atom. The summed E-state index contributed by atoms with van der Waals surface area (Å²) in [5.41, 5.74) is 5.37. The lowest BCUT2D eigenvalue weighted by Crippen LogP contribution is -2.49. The van der Waals surface area contributed by atoms with Crippen molar-refractivity contribution in [1.82, 2.24) is 4.90 Å². The number of amides is 3. The zero-order chi connectivity index (χ0) is 17.2. The first-order chi connectivity index (χ1) is 9.94. The maximum absolute atomic E-state index is 12.3. The van der Waals surface area contributed by atoms with Crippen LogP contribution in [0.25, 0.3) is 0 Å². The van der Waals surface area contributed by atoms with Gasteiger partial charge in [-0.2, -0.15) is 0 Å². The summed E-state index contributed by atoms with van der Waals surface area (Å²) in [4.78, 5) is 48.7. The SMILES string of the molecule is CC(C)=C1CC(=O)N([C@@H](CC(N)=O)C(=O)OC(C)(C)C)C1=O. The van der Waals surface area contributed by atoms with Crippen LogP contribution >= 0.6 is 0 Å². The molecule has 7 heteroatoms. The van der Waals surface area contributed by atoms with E-state index in [-0.39, 0.29) is 6.42 Å². The summed E-state index contributed by atoms with van der Waals surface area (Å²) >= 11 is 0. The molecule has 1 aliphatic heterocycles. The Labute approximate surface area is 129 Å². The van der Waals surface area contributed by atoms with Gasteiger partial charge in [0.05, 0.1) is 12.8 Å². The van der Waals surface area contributed by atoms with Crippen LogP contribution in [0.1, 0.15) is 47.5 Å². The third-order valence-corrected chi connectivity index (χ3v) is 3.06. The number of hydrogen-bond donors (Lipinski definition) is 1. The first-order valence-corrected chi connectivity index (χ1v) is 6.98. The number of ether oxygens (including phenoxy) is 1. The molecule has 0 aliphatic carbocycles. The Hall–Kier alpha value is -2.18. The van der Waals surface area contributed by atoms with Crippen LogP contribution in [0.2, 0.25) is 0 Å². The number of rotatable bonds is 4. The first-order valence-electron chi connectivity index (χ1n) is 6.98. The molecular weight excluding hydrogens is 288 g/mol. The van der Waals surface area contributed by atoms with E-state index >= 15 is 0 Å². The number of likely N-dealkylation sites (tertiary alicyclic amines) is 1. The summed E-state index contributed by atoms with van der Waals surface area (Å²) in [6, 6.07) is -1.33. The minimum absolute atomic E-state index is 0.0841. The van der Waals surface area contributed by atoms with E-state index in [1.165, 1.54) is 0 Å². The van der Waals surface area contributed by atoms with Crippen molar-refractivity contribution < 1.29 is 23.9 Å². The van der Waals surface area contributed by atoms with E-state index < -0.39 is 41.8 Å². The van der Waals surface area contributed by atoms with Crippen molar-refractivity contribution in [2.45, 2.75) is 59.1 Å². The first kappa shape index (κ1) is 17.9. The predicted octanol–water partition coefficient (Wildman–Crippen LogP) is 0.667. The van der Waals surface area contributed by atoms with Crippen LogP contribution in [-0.4, -0.2) is 40.2 Å². The summed E-state index contributed by atoms with van der Waals surface area (Å²) < 4.78 is 5.20. The molecule has 122 valence electrons. The maximum Gasteiger partial charge on any atom is 0.330 e.